The number of aromatic nitrogens is 2. The third-order valence-corrected chi connectivity index (χ3v) is 4.28. The molecule has 1 aromatic carbocycles. The Morgan fingerprint density at radius 2 is 1.95 bits per heavy atom. The number of benzene rings is 1. The lowest BCUT2D eigenvalue weighted by atomic mass is 10.2. The molecule has 0 saturated heterocycles. The smallest absolute Gasteiger partial charge is 0.227 e. The van der Waals surface area contributed by atoms with Crippen molar-refractivity contribution in [2.24, 2.45) is 0 Å². The number of nitrogens with zero attached hydrogens (tertiary/aromatic N) is 2. The summed E-state index contributed by atoms with van der Waals surface area (Å²) < 4.78 is 6.54. The number of hydrogen-bond donors (Lipinski definition) is 1. The topological polar surface area (TPSA) is 47.0 Å². The summed E-state index contributed by atoms with van der Waals surface area (Å²) >= 11 is 15.6. The highest BCUT2D eigenvalue weighted by Gasteiger charge is 2.14. The average molecular weight is 391 g/mol. The molecule has 1 N–H and O–H groups in total. The second-order valence-electron chi connectivity index (χ2n) is 4.19. The summed E-state index contributed by atoms with van der Waals surface area (Å²) in [5, 5.41) is 4.17. The molecule has 4 nitrogen and oxygen atoms in total. The van der Waals surface area contributed by atoms with Crippen molar-refractivity contribution in [1.29, 1.82) is 0 Å². The van der Waals surface area contributed by atoms with Gasteiger partial charge >= 0.3 is 0 Å². The van der Waals surface area contributed by atoms with E-state index in [-0.39, 0.29) is 0 Å². The van der Waals surface area contributed by atoms with E-state index in [2.05, 4.69) is 31.2 Å². The lowest BCUT2D eigenvalue weighted by Crippen LogP contribution is -2.05. The minimum absolute atomic E-state index is 0.456. The molecule has 0 bridgehead atoms. The van der Waals surface area contributed by atoms with Crippen molar-refractivity contribution in [3.63, 3.8) is 0 Å². The summed E-state index contributed by atoms with van der Waals surface area (Å²) in [6.07, 6.45) is 2.20. The van der Waals surface area contributed by atoms with Crippen LogP contribution in [-0.4, -0.2) is 16.5 Å². The first-order valence-electron chi connectivity index (χ1n) is 6.46. The van der Waals surface area contributed by atoms with Crippen LogP contribution in [0.5, 0.6) is 11.6 Å². The standard InChI is InChI=1S/C14H14BrCl2N3O/c1-3-8-13(18-4-2)19-7-20-14(8)21-12-6-10(16)9(15)5-11(12)17/h5-7H,3-4H2,1-2H3,(H,18,19,20). The number of rotatable bonds is 5. The maximum Gasteiger partial charge on any atom is 0.227 e. The van der Waals surface area contributed by atoms with Crippen LogP contribution in [0.25, 0.3) is 0 Å². The molecule has 0 atom stereocenters. The monoisotopic (exact) mass is 389 g/mol. The van der Waals surface area contributed by atoms with Crippen molar-refractivity contribution in [2.75, 3.05) is 11.9 Å². The molecule has 7 heteroatoms. The van der Waals surface area contributed by atoms with Crippen molar-refractivity contribution >= 4 is 44.9 Å². The van der Waals surface area contributed by atoms with Crippen LogP contribution in [0.4, 0.5) is 5.82 Å². The van der Waals surface area contributed by atoms with Gasteiger partial charge in [0.15, 0.2) is 0 Å². The third-order valence-electron chi connectivity index (χ3n) is 2.79. The normalized spacial score (nSPS) is 10.5. The van der Waals surface area contributed by atoms with E-state index in [1.54, 1.807) is 12.1 Å². The molecule has 112 valence electrons. The Morgan fingerprint density at radius 3 is 2.62 bits per heavy atom. The van der Waals surface area contributed by atoms with Gasteiger partial charge in [-0.2, -0.15) is 0 Å². The number of halogens is 3. The molecule has 0 fully saturated rings. The fourth-order valence-corrected chi connectivity index (χ4v) is 2.64. The van der Waals surface area contributed by atoms with Gasteiger partial charge < -0.3 is 10.1 Å². The minimum Gasteiger partial charge on any atom is -0.437 e. The van der Waals surface area contributed by atoms with Crippen LogP contribution >= 0.6 is 39.1 Å². The van der Waals surface area contributed by atoms with E-state index in [9.17, 15) is 0 Å². The molecule has 0 spiro atoms. The minimum atomic E-state index is 0.456. The highest BCUT2D eigenvalue weighted by Crippen LogP contribution is 2.37. The highest BCUT2D eigenvalue weighted by molar-refractivity contribution is 9.10. The van der Waals surface area contributed by atoms with Gasteiger partial charge in [0.05, 0.1) is 15.6 Å². The molecular formula is C14H14BrCl2N3O. The van der Waals surface area contributed by atoms with Crippen LogP contribution in [0.2, 0.25) is 10.0 Å². The predicted octanol–water partition coefficient (Wildman–Crippen LogP) is 5.33. The van der Waals surface area contributed by atoms with Crippen molar-refractivity contribution in [2.45, 2.75) is 20.3 Å². The molecule has 1 aromatic heterocycles. The molecule has 2 aromatic rings. The van der Waals surface area contributed by atoms with E-state index in [0.29, 0.717) is 26.1 Å². The Kier molecular flexibility index (Phi) is 5.67. The van der Waals surface area contributed by atoms with Gasteiger partial charge in [0, 0.05) is 17.1 Å². The van der Waals surface area contributed by atoms with Crippen LogP contribution in [0.1, 0.15) is 19.4 Å². The van der Waals surface area contributed by atoms with Crippen molar-refractivity contribution in [3.8, 4) is 11.6 Å². The van der Waals surface area contributed by atoms with Gasteiger partial charge in [0.2, 0.25) is 5.88 Å². The van der Waals surface area contributed by atoms with E-state index >= 15 is 0 Å². The van der Waals surface area contributed by atoms with Crippen LogP contribution < -0.4 is 10.1 Å². The van der Waals surface area contributed by atoms with Gasteiger partial charge in [-0.05, 0) is 35.3 Å². The first-order valence-corrected chi connectivity index (χ1v) is 8.01. The van der Waals surface area contributed by atoms with Crippen molar-refractivity contribution < 1.29 is 4.74 Å². The number of anilines is 1. The second kappa shape index (κ2) is 7.29. The largest absolute Gasteiger partial charge is 0.437 e. The van der Waals surface area contributed by atoms with E-state index in [0.717, 1.165) is 24.3 Å². The number of ether oxygens (including phenoxy) is 1. The predicted molar refractivity (Wildman–Crippen MR) is 89.8 cm³/mol. The molecule has 0 radical (unpaired) electrons. The molecule has 0 aliphatic rings. The van der Waals surface area contributed by atoms with Crippen LogP contribution in [0.3, 0.4) is 0 Å². The number of nitrogens with one attached hydrogen (secondary N) is 1. The summed E-state index contributed by atoms with van der Waals surface area (Å²) in [5.41, 5.74) is 0.898. The maximum absolute atomic E-state index is 6.18. The molecule has 0 amide bonds. The Labute approximate surface area is 142 Å². The van der Waals surface area contributed by atoms with E-state index in [1.807, 2.05) is 13.8 Å². The lowest BCUT2D eigenvalue weighted by molar-refractivity contribution is 0.456. The summed E-state index contributed by atoms with van der Waals surface area (Å²) in [6, 6.07) is 3.35. The Bertz CT molecular complexity index is 652. The summed E-state index contributed by atoms with van der Waals surface area (Å²) in [5.74, 6) is 1.70. The van der Waals surface area contributed by atoms with Gasteiger partial charge in [-0.3, -0.25) is 0 Å². The highest BCUT2D eigenvalue weighted by atomic mass is 79.9. The van der Waals surface area contributed by atoms with Gasteiger partial charge in [-0.1, -0.05) is 30.1 Å². The molecule has 2 rings (SSSR count). The molecule has 21 heavy (non-hydrogen) atoms. The zero-order chi connectivity index (χ0) is 15.4. The Balaban J connectivity index is 2.40. The summed E-state index contributed by atoms with van der Waals surface area (Å²) in [6.45, 7) is 4.80. The molecule has 1 heterocycles. The average Bonchev–Trinajstić information content (AvgIpc) is 2.45. The Hall–Kier alpha value is -1.04. The van der Waals surface area contributed by atoms with Crippen molar-refractivity contribution in [3.05, 3.63) is 38.5 Å². The maximum atomic E-state index is 6.18. The molecule has 0 aliphatic heterocycles. The van der Waals surface area contributed by atoms with Crippen LogP contribution in [0.15, 0.2) is 22.9 Å². The van der Waals surface area contributed by atoms with E-state index in [4.69, 9.17) is 27.9 Å². The molecular weight excluding hydrogens is 377 g/mol. The zero-order valence-electron chi connectivity index (χ0n) is 11.6. The van der Waals surface area contributed by atoms with E-state index in [1.165, 1.54) is 6.33 Å². The zero-order valence-corrected chi connectivity index (χ0v) is 14.7. The third kappa shape index (κ3) is 3.78. The fraction of sp³-hybridized carbons (Fsp3) is 0.286. The van der Waals surface area contributed by atoms with Crippen LogP contribution in [-0.2, 0) is 6.42 Å². The first kappa shape index (κ1) is 16.3. The van der Waals surface area contributed by atoms with Gasteiger partial charge in [-0.15, -0.1) is 0 Å². The van der Waals surface area contributed by atoms with Gasteiger partial charge in [0.1, 0.15) is 17.9 Å². The number of hydrogen-bond acceptors (Lipinski definition) is 4. The van der Waals surface area contributed by atoms with E-state index < -0.39 is 0 Å². The van der Waals surface area contributed by atoms with Gasteiger partial charge in [0.25, 0.3) is 0 Å². The second-order valence-corrected chi connectivity index (χ2v) is 5.86. The van der Waals surface area contributed by atoms with Crippen molar-refractivity contribution in [1.82, 2.24) is 9.97 Å². The quantitative estimate of drug-likeness (QED) is 0.700. The molecule has 0 unspecified atom stereocenters. The lowest BCUT2D eigenvalue weighted by Gasteiger charge is -2.14. The fourth-order valence-electron chi connectivity index (χ4n) is 1.81. The summed E-state index contributed by atoms with van der Waals surface area (Å²) in [7, 11) is 0. The summed E-state index contributed by atoms with van der Waals surface area (Å²) in [4.78, 5) is 8.42. The van der Waals surface area contributed by atoms with Crippen LogP contribution in [0, 0.1) is 0 Å². The molecule has 0 saturated carbocycles. The SMILES string of the molecule is CCNc1ncnc(Oc2cc(Cl)c(Br)cc2Cl)c1CC. The first-order chi connectivity index (χ1) is 10.1. The van der Waals surface area contributed by atoms with Gasteiger partial charge in [-0.25, -0.2) is 9.97 Å². The molecule has 0 aliphatic carbocycles. The Morgan fingerprint density at radius 1 is 1.19 bits per heavy atom.